The predicted molar refractivity (Wildman–Crippen MR) is 143 cm³/mol. The molecule has 0 saturated carbocycles. The molecule has 0 bridgehead atoms. The van der Waals surface area contributed by atoms with Crippen LogP contribution >= 0.6 is 0 Å². The molecule has 2 rings (SSSR count). The molecule has 0 aliphatic heterocycles. The number of carboxylic acid groups (broad SMARTS) is 1. The smallest absolute Gasteiger partial charge is 0.326 e. The van der Waals surface area contributed by atoms with Crippen molar-refractivity contribution in [2.24, 2.45) is 11.5 Å². The summed E-state index contributed by atoms with van der Waals surface area (Å²) in [5.41, 5.74) is 12.0. The number of hydrogen-bond acceptors (Lipinski definition) is 8. The molecule has 5 unspecified atom stereocenters. The topological polar surface area (TPSA) is 234 Å². The van der Waals surface area contributed by atoms with Crippen LogP contribution < -0.4 is 27.4 Å². The van der Waals surface area contributed by atoms with Gasteiger partial charge in [-0.1, -0.05) is 42.5 Å². The minimum atomic E-state index is -1.53. The van der Waals surface area contributed by atoms with Crippen LogP contribution in [0.15, 0.2) is 54.6 Å². The van der Waals surface area contributed by atoms with Gasteiger partial charge in [-0.3, -0.25) is 19.2 Å². The van der Waals surface area contributed by atoms with E-state index in [9.17, 15) is 39.3 Å². The van der Waals surface area contributed by atoms with Gasteiger partial charge in [-0.25, -0.2) is 4.79 Å². The molecule has 40 heavy (non-hydrogen) atoms. The van der Waals surface area contributed by atoms with E-state index in [1.54, 1.807) is 30.3 Å². The van der Waals surface area contributed by atoms with Gasteiger partial charge in [0.2, 0.25) is 23.6 Å². The summed E-state index contributed by atoms with van der Waals surface area (Å²) >= 11 is 0. The van der Waals surface area contributed by atoms with E-state index < -0.39 is 59.9 Å². The number of aliphatic hydroxyl groups is 1. The SMILES string of the molecule is CC(O)C(NC(=O)C(N)CCC(N)=O)C(=O)NC(Cc1ccc(O)cc1)C(=O)NC(Cc1ccccc1)C(=O)O. The molecule has 0 saturated heterocycles. The summed E-state index contributed by atoms with van der Waals surface area (Å²) in [7, 11) is 0. The number of carbonyl (C=O) groups excluding carboxylic acids is 4. The summed E-state index contributed by atoms with van der Waals surface area (Å²) in [4.78, 5) is 61.8. The van der Waals surface area contributed by atoms with Gasteiger partial charge >= 0.3 is 5.97 Å². The normalized spacial score (nSPS) is 14.6. The fourth-order valence-electron chi connectivity index (χ4n) is 3.76. The van der Waals surface area contributed by atoms with Crippen LogP contribution in [0.5, 0.6) is 5.75 Å². The number of hydrogen-bond donors (Lipinski definition) is 8. The summed E-state index contributed by atoms with van der Waals surface area (Å²) in [5, 5.41) is 36.7. The minimum absolute atomic E-state index is 0.0165. The number of primary amides is 1. The van der Waals surface area contributed by atoms with Gasteiger partial charge in [0.25, 0.3) is 0 Å². The molecule has 0 spiro atoms. The van der Waals surface area contributed by atoms with E-state index in [-0.39, 0.29) is 31.4 Å². The van der Waals surface area contributed by atoms with E-state index in [1.807, 2.05) is 0 Å². The Bertz CT molecular complexity index is 1170. The molecule has 0 aliphatic rings. The number of carboxylic acids is 1. The van der Waals surface area contributed by atoms with Crippen molar-refractivity contribution in [2.75, 3.05) is 0 Å². The molecule has 0 aliphatic carbocycles. The van der Waals surface area contributed by atoms with Crippen LogP contribution in [-0.4, -0.2) is 75.2 Å². The number of aliphatic hydroxyl groups excluding tert-OH is 1. The summed E-state index contributed by atoms with van der Waals surface area (Å²) in [5.74, 6) is -4.55. The maximum absolute atomic E-state index is 13.3. The first kappa shape index (κ1) is 31.7. The first-order valence-corrected chi connectivity index (χ1v) is 12.5. The summed E-state index contributed by atoms with van der Waals surface area (Å²) < 4.78 is 0. The summed E-state index contributed by atoms with van der Waals surface area (Å²) in [6.07, 6.45) is -1.78. The number of rotatable bonds is 15. The predicted octanol–water partition coefficient (Wildman–Crippen LogP) is -1.31. The highest BCUT2D eigenvalue weighted by Crippen LogP contribution is 2.12. The van der Waals surface area contributed by atoms with E-state index >= 15 is 0 Å². The average Bonchev–Trinajstić information content (AvgIpc) is 2.90. The van der Waals surface area contributed by atoms with Crippen LogP contribution in [0, 0.1) is 0 Å². The van der Waals surface area contributed by atoms with Gasteiger partial charge < -0.3 is 42.7 Å². The molecule has 5 atom stereocenters. The number of aliphatic carboxylic acids is 1. The van der Waals surface area contributed by atoms with Gasteiger partial charge in [0.15, 0.2) is 0 Å². The van der Waals surface area contributed by atoms with Crippen molar-refractivity contribution in [3.8, 4) is 5.75 Å². The fraction of sp³-hybridized carbons (Fsp3) is 0.370. The van der Waals surface area contributed by atoms with Gasteiger partial charge in [-0.2, -0.15) is 0 Å². The third-order valence-electron chi connectivity index (χ3n) is 6.01. The zero-order chi connectivity index (χ0) is 29.8. The fourth-order valence-corrected chi connectivity index (χ4v) is 3.76. The van der Waals surface area contributed by atoms with Crippen molar-refractivity contribution in [1.29, 1.82) is 0 Å². The Morgan fingerprint density at radius 1 is 0.800 bits per heavy atom. The second kappa shape index (κ2) is 15.2. The number of phenolic OH excluding ortho intramolecular Hbond substituents is 1. The molecular weight excluding hydrogens is 522 g/mol. The minimum Gasteiger partial charge on any atom is -0.508 e. The number of aromatic hydroxyl groups is 1. The Balaban J connectivity index is 2.23. The van der Waals surface area contributed by atoms with Gasteiger partial charge in [-0.15, -0.1) is 0 Å². The zero-order valence-corrected chi connectivity index (χ0v) is 21.9. The van der Waals surface area contributed by atoms with Gasteiger partial charge in [0.1, 0.15) is 23.9 Å². The third kappa shape index (κ3) is 10.3. The van der Waals surface area contributed by atoms with Gasteiger partial charge in [0, 0.05) is 19.3 Å². The Morgan fingerprint density at radius 3 is 1.90 bits per heavy atom. The molecule has 13 nitrogen and oxygen atoms in total. The molecule has 13 heteroatoms. The van der Waals surface area contributed by atoms with Crippen LogP contribution in [0.1, 0.15) is 30.9 Å². The van der Waals surface area contributed by atoms with E-state index in [2.05, 4.69) is 16.0 Å². The van der Waals surface area contributed by atoms with Crippen molar-refractivity contribution in [3.05, 3.63) is 65.7 Å². The largest absolute Gasteiger partial charge is 0.508 e. The van der Waals surface area contributed by atoms with Crippen LogP contribution in [0.25, 0.3) is 0 Å². The Kier molecular flexibility index (Phi) is 12.0. The summed E-state index contributed by atoms with van der Waals surface area (Å²) in [6.45, 7) is 1.24. The zero-order valence-electron chi connectivity index (χ0n) is 21.9. The van der Waals surface area contributed by atoms with Crippen molar-refractivity contribution in [1.82, 2.24) is 16.0 Å². The number of nitrogens with two attached hydrogens (primary N) is 2. The number of amides is 4. The van der Waals surface area contributed by atoms with Crippen LogP contribution in [-0.2, 0) is 36.8 Å². The molecule has 216 valence electrons. The molecule has 0 radical (unpaired) electrons. The molecule has 0 heterocycles. The van der Waals surface area contributed by atoms with E-state index in [4.69, 9.17) is 11.5 Å². The maximum atomic E-state index is 13.3. The van der Waals surface area contributed by atoms with Gasteiger partial charge in [0.05, 0.1) is 12.1 Å². The number of phenols is 1. The Morgan fingerprint density at radius 2 is 1.35 bits per heavy atom. The van der Waals surface area contributed by atoms with Crippen LogP contribution in [0.4, 0.5) is 0 Å². The van der Waals surface area contributed by atoms with Crippen molar-refractivity contribution in [2.45, 2.75) is 62.9 Å². The first-order valence-electron chi connectivity index (χ1n) is 12.5. The lowest BCUT2D eigenvalue weighted by atomic mass is 10.0. The molecular formula is C27H35N5O8. The highest BCUT2D eigenvalue weighted by Gasteiger charge is 2.32. The average molecular weight is 558 g/mol. The molecule has 10 N–H and O–H groups in total. The van der Waals surface area contributed by atoms with Crippen molar-refractivity contribution < 1.29 is 39.3 Å². The molecule has 2 aromatic carbocycles. The second-order valence-electron chi connectivity index (χ2n) is 9.36. The highest BCUT2D eigenvalue weighted by molar-refractivity contribution is 5.94. The van der Waals surface area contributed by atoms with E-state index in [0.717, 1.165) is 0 Å². The third-order valence-corrected chi connectivity index (χ3v) is 6.01. The summed E-state index contributed by atoms with van der Waals surface area (Å²) in [6, 6.07) is 9.10. The lowest BCUT2D eigenvalue weighted by Crippen LogP contribution is -2.60. The Labute approximate surface area is 230 Å². The quantitative estimate of drug-likeness (QED) is 0.130. The lowest BCUT2D eigenvalue weighted by Gasteiger charge is -2.26. The van der Waals surface area contributed by atoms with Crippen molar-refractivity contribution >= 4 is 29.6 Å². The number of nitrogens with one attached hydrogen (secondary N) is 3. The lowest BCUT2D eigenvalue weighted by molar-refractivity contribution is -0.142. The van der Waals surface area contributed by atoms with Crippen molar-refractivity contribution in [3.63, 3.8) is 0 Å². The Hall–Kier alpha value is -4.49. The number of carbonyl (C=O) groups is 5. The first-order chi connectivity index (χ1) is 18.9. The molecule has 4 amide bonds. The monoisotopic (exact) mass is 557 g/mol. The molecule has 0 fully saturated rings. The van der Waals surface area contributed by atoms with Crippen LogP contribution in [0.3, 0.4) is 0 Å². The molecule has 2 aromatic rings. The van der Waals surface area contributed by atoms with E-state index in [0.29, 0.717) is 11.1 Å². The highest BCUT2D eigenvalue weighted by atomic mass is 16.4. The van der Waals surface area contributed by atoms with Crippen LogP contribution in [0.2, 0.25) is 0 Å². The standard InChI is InChI=1S/C27H35N5O8/c1-15(33)23(32-24(36)19(28)11-12-22(29)35)26(38)30-20(13-17-7-9-18(34)10-8-17)25(37)31-21(27(39)40)14-16-5-3-2-4-6-16/h2-10,15,19-21,23,33-34H,11-14,28H2,1H3,(H2,29,35)(H,30,38)(H,31,37)(H,32,36)(H,39,40). The second-order valence-corrected chi connectivity index (χ2v) is 9.36. The van der Waals surface area contributed by atoms with E-state index in [1.165, 1.54) is 31.2 Å². The van der Waals surface area contributed by atoms with Gasteiger partial charge in [-0.05, 0) is 36.6 Å². The number of benzene rings is 2. The molecule has 0 aromatic heterocycles. The maximum Gasteiger partial charge on any atom is 0.326 e.